The highest BCUT2D eigenvalue weighted by atomic mass is 35.5. The van der Waals surface area contributed by atoms with Crippen LogP contribution in [0.5, 0.6) is 5.75 Å². The van der Waals surface area contributed by atoms with Crippen molar-refractivity contribution < 1.29 is 4.74 Å². The van der Waals surface area contributed by atoms with Gasteiger partial charge in [0, 0.05) is 11.8 Å². The molecule has 1 aromatic carbocycles. The summed E-state index contributed by atoms with van der Waals surface area (Å²) in [6.45, 7) is 2.00. The molecule has 0 bridgehead atoms. The lowest BCUT2D eigenvalue weighted by molar-refractivity contribution is 0.412. The SMILES string of the molecule is COc1ccc(-c2ncccc2Cl)cc1C. The Hall–Kier alpha value is -1.54. The van der Waals surface area contributed by atoms with Crippen molar-refractivity contribution >= 4 is 11.6 Å². The standard InChI is InChI=1S/C13H12ClNO/c1-9-8-10(5-6-12(9)16-2)13-11(14)4-3-7-15-13/h3-8H,1-2H3. The molecular weight excluding hydrogens is 222 g/mol. The third-order valence-electron chi connectivity index (χ3n) is 2.43. The van der Waals surface area contributed by atoms with Gasteiger partial charge >= 0.3 is 0 Å². The van der Waals surface area contributed by atoms with Crippen molar-refractivity contribution in [3.63, 3.8) is 0 Å². The molecule has 3 heteroatoms. The minimum atomic E-state index is 0.659. The molecule has 0 radical (unpaired) electrons. The second-order valence-corrected chi connectivity index (χ2v) is 3.93. The maximum absolute atomic E-state index is 6.09. The van der Waals surface area contributed by atoms with Crippen molar-refractivity contribution in [2.24, 2.45) is 0 Å². The molecule has 0 amide bonds. The summed E-state index contributed by atoms with van der Waals surface area (Å²) in [5, 5.41) is 0.659. The first-order valence-corrected chi connectivity index (χ1v) is 5.35. The summed E-state index contributed by atoms with van der Waals surface area (Å²) < 4.78 is 5.21. The lowest BCUT2D eigenvalue weighted by Crippen LogP contribution is -1.89. The lowest BCUT2D eigenvalue weighted by Gasteiger charge is -2.07. The summed E-state index contributed by atoms with van der Waals surface area (Å²) in [4.78, 5) is 4.27. The molecule has 0 saturated carbocycles. The van der Waals surface area contributed by atoms with Crippen LogP contribution in [0.25, 0.3) is 11.3 Å². The molecular formula is C13H12ClNO. The van der Waals surface area contributed by atoms with E-state index in [4.69, 9.17) is 16.3 Å². The molecule has 1 aromatic heterocycles. The third kappa shape index (κ3) is 2.02. The predicted octanol–water partition coefficient (Wildman–Crippen LogP) is 3.72. The number of methoxy groups -OCH3 is 1. The van der Waals surface area contributed by atoms with Crippen molar-refractivity contribution in [3.05, 3.63) is 47.1 Å². The van der Waals surface area contributed by atoms with Gasteiger partial charge in [-0.25, -0.2) is 0 Å². The van der Waals surface area contributed by atoms with Crippen LogP contribution in [0.1, 0.15) is 5.56 Å². The number of hydrogen-bond acceptors (Lipinski definition) is 2. The highest BCUT2D eigenvalue weighted by Crippen LogP contribution is 2.28. The number of aromatic nitrogens is 1. The first kappa shape index (κ1) is 11.0. The minimum Gasteiger partial charge on any atom is -0.496 e. The number of pyridine rings is 1. The van der Waals surface area contributed by atoms with E-state index < -0.39 is 0 Å². The maximum Gasteiger partial charge on any atom is 0.121 e. The molecule has 0 N–H and O–H groups in total. The van der Waals surface area contributed by atoms with Crippen molar-refractivity contribution in [2.75, 3.05) is 7.11 Å². The topological polar surface area (TPSA) is 22.1 Å². The fourth-order valence-electron chi connectivity index (χ4n) is 1.62. The highest BCUT2D eigenvalue weighted by Gasteiger charge is 2.06. The van der Waals surface area contributed by atoms with E-state index in [0.717, 1.165) is 22.6 Å². The summed E-state index contributed by atoms with van der Waals surface area (Å²) in [5.41, 5.74) is 2.88. The maximum atomic E-state index is 6.09. The number of aryl methyl sites for hydroxylation is 1. The quantitative estimate of drug-likeness (QED) is 0.789. The summed E-state index contributed by atoms with van der Waals surface area (Å²) in [5.74, 6) is 0.871. The Morgan fingerprint density at radius 3 is 2.69 bits per heavy atom. The second kappa shape index (κ2) is 4.54. The highest BCUT2D eigenvalue weighted by molar-refractivity contribution is 6.33. The van der Waals surface area contributed by atoms with E-state index in [1.807, 2.05) is 37.3 Å². The van der Waals surface area contributed by atoms with Crippen LogP contribution in [0.15, 0.2) is 36.5 Å². The van der Waals surface area contributed by atoms with Crippen LogP contribution in [-0.4, -0.2) is 12.1 Å². The first-order chi connectivity index (χ1) is 7.72. The first-order valence-electron chi connectivity index (χ1n) is 4.98. The molecule has 0 aliphatic rings. The summed E-state index contributed by atoms with van der Waals surface area (Å²) >= 11 is 6.09. The summed E-state index contributed by atoms with van der Waals surface area (Å²) in [6, 6.07) is 9.56. The van der Waals surface area contributed by atoms with Crippen LogP contribution in [-0.2, 0) is 0 Å². The minimum absolute atomic E-state index is 0.659. The van der Waals surface area contributed by atoms with Gasteiger partial charge in [0.2, 0.25) is 0 Å². The number of ether oxygens (including phenoxy) is 1. The number of rotatable bonds is 2. The molecule has 0 fully saturated rings. The smallest absolute Gasteiger partial charge is 0.121 e. The van der Waals surface area contributed by atoms with E-state index in [1.54, 1.807) is 13.3 Å². The van der Waals surface area contributed by atoms with Gasteiger partial charge in [0.25, 0.3) is 0 Å². The summed E-state index contributed by atoms with van der Waals surface area (Å²) in [7, 11) is 1.66. The Kier molecular flexibility index (Phi) is 3.11. The van der Waals surface area contributed by atoms with E-state index in [-0.39, 0.29) is 0 Å². The zero-order valence-corrected chi connectivity index (χ0v) is 9.95. The monoisotopic (exact) mass is 233 g/mol. The van der Waals surface area contributed by atoms with Gasteiger partial charge in [0.1, 0.15) is 5.75 Å². The second-order valence-electron chi connectivity index (χ2n) is 3.52. The number of nitrogens with zero attached hydrogens (tertiary/aromatic N) is 1. The summed E-state index contributed by atoms with van der Waals surface area (Å²) in [6.07, 6.45) is 1.74. The van der Waals surface area contributed by atoms with Crippen molar-refractivity contribution in [1.82, 2.24) is 4.98 Å². The van der Waals surface area contributed by atoms with Gasteiger partial charge in [-0.2, -0.15) is 0 Å². The van der Waals surface area contributed by atoms with Gasteiger partial charge in [-0.05, 0) is 42.8 Å². The average molecular weight is 234 g/mol. The molecule has 0 atom stereocenters. The number of benzene rings is 1. The van der Waals surface area contributed by atoms with Gasteiger partial charge in [-0.15, -0.1) is 0 Å². The molecule has 0 aliphatic carbocycles. The van der Waals surface area contributed by atoms with Crippen LogP contribution >= 0.6 is 11.6 Å². The van der Waals surface area contributed by atoms with E-state index in [0.29, 0.717) is 5.02 Å². The molecule has 2 aromatic rings. The van der Waals surface area contributed by atoms with E-state index in [9.17, 15) is 0 Å². The fourth-order valence-corrected chi connectivity index (χ4v) is 1.85. The van der Waals surface area contributed by atoms with Crippen LogP contribution in [0.3, 0.4) is 0 Å². The van der Waals surface area contributed by atoms with Crippen molar-refractivity contribution in [2.45, 2.75) is 6.92 Å². The van der Waals surface area contributed by atoms with Crippen LogP contribution < -0.4 is 4.74 Å². The van der Waals surface area contributed by atoms with Crippen LogP contribution in [0, 0.1) is 6.92 Å². The lowest BCUT2D eigenvalue weighted by atomic mass is 10.1. The Bertz CT molecular complexity index is 511. The van der Waals surface area contributed by atoms with E-state index in [1.165, 1.54) is 0 Å². The molecule has 16 heavy (non-hydrogen) atoms. The van der Waals surface area contributed by atoms with Crippen LogP contribution in [0.2, 0.25) is 5.02 Å². The van der Waals surface area contributed by atoms with Gasteiger partial charge in [0.05, 0.1) is 17.8 Å². The van der Waals surface area contributed by atoms with Crippen molar-refractivity contribution in [3.8, 4) is 17.0 Å². The fraction of sp³-hybridized carbons (Fsp3) is 0.154. The zero-order chi connectivity index (χ0) is 11.5. The van der Waals surface area contributed by atoms with Crippen molar-refractivity contribution in [1.29, 1.82) is 0 Å². The Morgan fingerprint density at radius 1 is 1.25 bits per heavy atom. The molecule has 2 nitrogen and oxygen atoms in total. The molecule has 1 heterocycles. The molecule has 0 aliphatic heterocycles. The van der Waals surface area contributed by atoms with Gasteiger partial charge < -0.3 is 4.74 Å². The average Bonchev–Trinajstić information content (AvgIpc) is 2.29. The molecule has 0 unspecified atom stereocenters. The Morgan fingerprint density at radius 2 is 2.06 bits per heavy atom. The van der Waals surface area contributed by atoms with Gasteiger partial charge in [0.15, 0.2) is 0 Å². The Labute approximate surface area is 99.9 Å². The normalized spacial score (nSPS) is 10.2. The third-order valence-corrected chi connectivity index (χ3v) is 2.73. The predicted molar refractivity (Wildman–Crippen MR) is 66.0 cm³/mol. The molecule has 2 rings (SSSR count). The van der Waals surface area contributed by atoms with E-state index in [2.05, 4.69) is 4.98 Å². The molecule has 0 saturated heterocycles. The van der Waals surface area contributed by atoms with Crippen LogP contribution in [0.4, 0.5) is 0 Å². The number of halogens is 1. The zero-order valence-electron chi connectivity index (χ0n) is 9.20. The van der Waals surface area contributed by atoms with Gasteiger partial charge in [-0.1, -0.05) is 11.6 Å². The molecule has 82 valence electrons. The number of hydrogen-bond donors (Lipinski definition) is 0. The van der Waals surface area contributed by atoms with Gasteiger partial charge in [-0.3, -0.25) is 4.98 Å². The van der Waals surface area contributed by atoms with E-state index >= 15 is 0 Å². The Balaban J connectivity index is 2.50. The largest absolute Gasteiger partial charge is 0.496 e. The molecule has 0 spiro atoms.